The van der Waals surface area contributed by atoms with Crippen LogP contribution >= 0.6 is 23.1 Å². The molecule has 0 saturated carbocycles. The van der Waals surface area contributed by atoms with Crippen LogP contribution in [0.1, 0.15) is 16.0 Å². The molecule has 1 amide bonds. The van der Waals surface area contributed by atoms with Crippen LogP contribution in [0.15, 0.2) is 65.4 Å². The van der Waals surface area contributed by atoms with E-state index in [0.717, 1.165) is 22.0 Å². The summed E-state index contributed by atoms with van der Waals surface area (Å²) in [5.74, 6) is 0.959. The molecular weight excluding hydrogens is 414 g/mol. The maximum Gasteiger partial charge on any atom is 0.230 e. The van der Waals surface area contributed by atoms with Gasteiger partial charge in [0.25, 0.3) is 0 Å². The van der Waals surface area contributed by atoms with Gasteiger partial charge in [0.05, 0.1) is 18.0 Å². The number of rotatable bonds is 7. The zero-order chi connectivity index (χ0) is 20.9. The summed E-state index contributed by atoms with van der Waals surface area (Å²) in [7, 11) is 0. The van der Waals surface area contributed by atoms with Crippen molar-refractivity contribution < 1.29 is 4.79 Å². The summed E-state index contributed by atoms with van der Waals surface area (Å²) in [6, 6.07) is 14.1. The first kappa shape index (κ1) is 20.3. The summed E-state index contributed by atoms with van der Waals surface area (Å²) >= 11 is 3.01. The highest BCUT2D eigenvalue weighted by Gasteiger charge is 2.17. The maximum absolute atomic E-state index is 12.3. The maximum atomic E-state index is 12.3. The van der Waals surface area contributed by atoms with Crippen LogP contribution in [0.25, 0.3) is 17.1 Å². The third kappa shape index (κ3) is 4.60. The summed E-state index contributed by atoms with van der Waals surface area (Å²) in [5, 5.41) is 14.4. The number of carbonyl (C=O) groups is 1. The van der Waals surface area contributed by atoms with E-state index in [1.54, 1.807) is 23.7 Å². The first-order valence-electron chi connectivity index (χ1n) is 9.47. The molecule has 8 heteroatoms. The second-order valence-electron chi connectivity index (χ2n) is 6.79. The summed E-state index contributed by atoms with van der Waals surface area (Å²) < 4.78 is 2.00. The number of thiophene rings is 1. The van der Waals surface area contributed by atoms with Crippen molar-refractivity contribution >= 4 is 29.0 Å². The van der Waals surface area contributed by atoms with Crippen LogP contribution in [0.2, 0.25) is 0 Å². The van der Waals surface area contributed by atoms with Crippen LogP contribution in [-0.2, 0) is 11.3 Å². The lowest BCUT2D eigenvalue weighted by Crippen LogP contribution is -2.24. The second-order valence-corrected chi connectivity index (χ2v) is 8.77. The van der Waals surface area contributed by atoms with Crippen molar-refractivity contribution in [1.82, 2.24) is 25.1 Å². The molecular formula is C22H21N5OS2. The van der Waals surface area contributed by atoms with Crippen molar-refractivity contribution in [1.29, 1.82) is 0 Å². The first-order chi connectivity index (χ1) is 14.6. The smallest absolute Gasteiger partial charge is 0.230 e. The number of benzene rings is 1. The van der Waals surface area contributed by atoms with Gasteiger partial charge in [-0.25, -0.2) is 0 Å². The number of amides is 1. The van der Waals surface area contributed by atoms with Crippen LogP contribution in [0.4, 0.5) is 0 Å². The molecule has 0 aliphatic rings. The van der Waals surface area contributed by atoms with Crippen LogP contribution in [-0.4, -0.2) is 31.4 Å². The van der Waals surface area contributed by atoms with Gasteiger partial charge >= 0.3 is 0 Å². The summed E-state index contributed by atoms with van der Waals surface area (Å²) in [6.45, 7) is 4.71. The monoisotopic (exact) mass is 435 g/mol. The highest BCUT2D eigenvalue weighted by molar-refractivity contribution is 7.99. The molecule has 0 bridgehead atoms. The Kier molecular flexibility index (Phi) is 6.25. The quantitative estimate of drug-likeness (QED) is 0.435. The Morgan fingerprint density at radius 2 is 1.93 bits per heavy atom. The zero-order valence-electron chi connectivity index (χ0n) is 16.7. The van der Waals surface area contributed by atoms with Gasteiger partial charge in [0.1, 0.15) is 0 Å². The number of aryl methyl sites for hydroxylation is 2. The molecule has 0 aliphatic carbocycles. The number of nitrogens with zero attached hydrogens (tertiary/aromatic N) is 4. The fourth-order valence-corrected chi connectivity index (χ4v) is 4.36. The molecule has 0 saturated heterocycles. The van der Waals surface area contributed by atoms with Crippen molar-refractivity contribution in [3.63, 3.8) is 0 Å². The van der Waals surface area contributed by atoms with Crippen molar-refractivity contribution in [3.8, 4) is 17.1 Å². The predicted molar refractivity (Wildman–Crippen MR) is 121 cm³/mol. The van der Waals surface area contributed by atoms with Crippen LogP contribution in [0.3, 0.4) is 0 Å². The van der Waals surface area contributed by atoms with E-state index in [9.17, 15) is 4.79 Å². The number of hydrogen-bond acceptors (Lipinski definition) is 6. The number of thioether (sulfide) groups is 1. The molecule has 0 radical (unpaired) electrons. The van der Waals surface area contributed by atoms with Crippen molar-refractivity contribution in [2.45, 2.75) is 25.5 Å². The molecule has 0 aliphatic heterocycles. The van der Waals surface area contributed by atoms with Gasteiger partial charge < -0.3 is 5.32 Å². The number of nitrogens with one attached hydrogen (secondary N) is 1. The van der Waals surface area contributed by atoms with E-state index < -0.39 is 0 Å². The second kappa shape index (κ2) is 9.23. The average Bonchev–Trinajstić information content (AvgIpc) is 3.43. The Morgan fingerprint density at radius 1 is 1.10 bits per heavy atom. The predicted octanol–water partition coefficient (Wildman–Crippen LogP) is 4.42. The summed E-state index contributed by atoms with van der Waals surface area (Å²) in [6.07, 6.45) is 3.47. The minimum Gasteiger partial charge on any atom is -0.350 e. The third-order valence-corrected chi connectivity index (χ3v) is 6.50. The van der Waals surface area contributed by atoms with Gasteiger partial charge in [0, 0.05) is 22.8 Å². The van der Waals surface area contributed by atoms with E-state index >= 15 is 0 Å². The molecule has 3 heterocycles. The standard InChI is InChI=1S/C22H21N5OS2/c1-15-5-6-18(12-16(15)2)27-21(17-7-9-23-10-8-17)25-26-22(27)30-14-20(28)24-13-19-4-3-11-29-19/h3-12H,13-14H2,1-2H3,(H,24,28). The molecule has 4 rings (SSSR count). The van der Waals surface area contributed by atoms with E-state index in [0.29, 0.717) is 11.7 Å². The molecule has 1 N–H and O–H groups in total. The topological polar surface area (TPSA) is 72.7 Å². The lowest BCUT2D eigenvalue weighted by molar-refractivity contribution is -0.118. The highest BCUT2D eigenvalue weighted by Crippen LogP contribution is 2.28. The normalized spacial score (nSPS) is 10.9. The summed E-state index contributed by atoms with van der Waals surface area (Å²) in [5.41, 5.74) is 4.30. The fourth-order valence-electron chi connectivity index (χ4n) is 2.93. The van der Waals surface area contributed by atoms with Crippen LogP contribution < -0.4 is 5.32 Å². The van der Waals surface area contributed by atoms with E-state index in [1.165, 1.54) is 22.9 Å². The highest BCUT2D eigenvalue weighted by atomic mass is 32.2. The molecule has 152 valence electrons. The van der Waals surface area contributed by atoms with Gasteiger partial charge in [-0.05, 0) is 60.7 Å². The van der Waals surface area contributed by atoms with Crippen molar-refractivity contribution in [3.05, 3.63) is 76.2 Å². The Hall–Kier alpha value is -2.97. The molecule has 1 aromatic carbocycles. The van der Waals surface area contributed by atoms with Crippen molar-refractivity contribution in [2.75, 3.05) is 5.75 Å². The molecule has 6 nitrogen and oxygen atoms in total. The first-order valence-corrected chi connectivity index (χ1v) is 11.3. The molecule has 0 fully saturated rings. The van der Waals surface area contributed by atoms with Gasteiger partial charge in [-0.3, -0.25) is 14.3 Å². The number of carbonyl (C=O) groups excluding carboxylic acids is 1. The largest absolute Gasteiger partial charge is 0.350 e. The van der Waals surface area contributed by atoms with E-state index in [4.69, 9.17) is 0 Å². The van der Waals surface area contributed by atoms with Gasteiger partial charge in [-0.2, -0.15) is 0 Å². The molecule has 3 aromatic heterocycles. The number of aromatic nitrogens is 4. The molecule has 30 heavy (non-hydrogen) atoms. The molecule has 4 aromatic rings. The minimum atomic E-state index is -0.0338. The summed E-state index contributed by atoms with van der Waals surface area (Å²) in [4.78, 5) is 17.6. The van der Waals surface area contributed by atoms with Gasteiger partial charge in [0.15, 0.2) is 11.0 Å². The fraction of sp³-hybridized carbons (Fsp3) is 0.182. The van der Waals surface area contributed by atoms with Crippen LogP contribution in [0, 0.1) is 13.8 Å². The van der Waals surface area contributed by atoms with Crippen molar-refractivity contribution in [2.24, 2.45) is 0 Å². The van der Waals surface area contributed by atoms with E-state index in [2.05, 4.69) is 52.5 Å². The minimum absolute atomic E-state index is 0.0338. The molecule has 0 atom stereocenters. The zero-order valence-corrected chi connectivity index (χ0v) is 18.3. The third-order valence-electron chi connectivity index (χ3n) is 4.69. The average molecular weight is 436 g/mol. The Morgan fingerprint density at radius 3 is 2.67 bits per heavy atom. The molecule has 0 unspecified atom stereocenters. The lowest BCUT2D eigenvalue weighted by Gasteiger charge is -2.12. The van der Waals surface area contributed by atoms with Gasteiger partial charge in [0.2, 0.25) is 5.91 Å². The van der Waals surface area contributed by atoms with Crippen LogP contribution in [0.5, 0.6) is 0 Å². The molecule has 0 spiro atoms. The number of pyridine rings is 1. The lowest BCUT2D eigenvalue weighted by atomic mass is 10.1. The van der Waals surface area contributed by atoms with E-state index in [-0.39, 0.29) is 11.7 Å². The number of hydrogen-bond donors (Lipinski definition) is 1. The SMILES string of the molecule is Cc1ccc(-n2c(SCC(=O)NCc3cccs3)nnc2-c2ccncc2)cc1C. The Labute approximate surface area is 183 Å². The van der Waals surface area contributed by atoms with Gasteiger partial charge in [-0.15, -0.1) is 21.5 Å². The van der Waals surface area contributed by atoms with E-state index in [1.807, 2.05) is 34.2 Å². The Bertz CT molecular complexity index is 1140. The van der Waals surface area contributed by atoms with Gasteiger partial charge in [-0.1, -0.05) is 23.9 Å². The Balaban J connectivity index is 1.58.